The van der Waals surface area contributed by atoms with Gasteiger partial charge in [-0.2, -0.15) is 0 Å². The van der Waals surface area contributed by atoms with Crippen LogP contribution in [0.15, 0.2) is 54.6 Å². The van der Waals surface area contributed by atoms with Gasteiger partial charge in [-0.3, -0.25) is 4.79 Å². The van der Waals surface area contributed by atoms with Crippen molar-refractivity contribution in [2.24, 2.45) is 0 Å². The number of halogens is 1. The molecule has 0 radical (unpaired) electrons. The maximum atomic E-state index is 13.1. The third-order valence-electron chi connectivity index (χ3n) is 6.23. The van der Waals surface area contributed by atoms with E-state index in [4.69, 9.17) is 16.3 Å². The predicted octanol–water partition coefficient (Wildman–Crippen LogP) is 3.89. The van der Waals surface area contributed by atoms with Crippen molar-refractivity contribution in [3.63, 3.8) is 0 Å². The van der Waals surface area contributed by atoms with Crippen LogP contribution in [0.5, 0.6) is 0 Å². The van der Waals surface area contributed by atoms with E-state index in [2.05, 4.69) is 4.98 Å². The minimum atomic E-state index is -3.13. The highest BCUT2D eigenvalue weighted by Gasteiger charge is 2.42. The van der Waals surface area contributed by atoms with Crippen LogP contribution < -0.4 is 0 Å². The standard InChI is InChI=1S/C25H23ClN2O5S/c26-17-7-5-16(6-8-17)23-13-21(20-3-1-2-4-22(20)27-23)25(30)33-14-24(29)28(18-9-10-18)19-11-12-34(31,32)15-19/h1-8,13,18-19H,9-12,14-15H2. The number of para-hydroxylation sites is 1. The van der Waals surface area contributed by atoms with Crippen LogP contribution in [0.4, 0.5) is 0 Å². The molecule has 7 nitrogen and oxygen atoms in total. The average molecular weight is 499 g/mol. The summed E-state index contributed by atoms with van der Waals surface area (Å²) in [5.41, 5.74) is 2.32. The highest BCUT2D eigenvalue weighted by molar-refractivity contribution is 7.91. The van der Waals surface area contributed by atoms with Crippen LogP contribution in [0.1, 0.15) is 29.6 Å². The Bertz CT molecular complexity index is 1370. The van der Waals surface area contributed by atoms with Gasteiger partial charge in [0.15, 0.2) is 16.4 Å². The first-order valence-corrected chi connectivity index (χ1v) is 13.3. The van der Waals surface area contributed by atoms with Gasteiger partial charge >= 0.3 is 5.97 Å². The van der Waals surface area contributed by atoms with Gasteiger partial charge in [0.1, 0.15) is 0 Å². The average Bonchev–Trinajstić information content (AvgIpc) is 3.59. The van der Waals surface area contributed by atoms with Crippen molar-refractivity contribution in [1.82, 2.24) is 9.88 Å². The number of nitrogens with zero attached hydrogens (tertiary/aromatic N) is 2. The number of ether oxygens (including phenoxy) is 1. The minimum absolute atomic E-state index is 0.0252. The van der Waals surface area contributed by atoms with Crippen molar-refractivity contribution in [2.45, 2.75) is 31.3 Å². The van der Waals surface area contributed by atoms with Crippen molar-refractivity contribution in [1.29, 1.82) is 0 Å². The van der Waals surface area contributed by atoms with Crippen LogP contribution in [-0.2, 0) is 19.4 Å². The molecule has 0 bridgehead atoms. The second-order valence-electron chi connectivity index (χ2n) is 8.74. The molecule has 34 heavy (non-hydrogen) atoms. The smallest absolute Gasteiger partial charge is 0.339 e. The summed E-state index contributed by atoms with van der Waals surface area (Å²) < 4.78 is 29.3. The quantitative estimate of drug-likeness (QED) is 0.479. The number of carbonyl (C=O) groups is 2. The summed E-state index contributed by atoms with van der Waals surface area (Å²) in [6.45, 7) is -0.432. The maximum Gasteiger partial charge on any atom is 0.339 e. The molecule has 1 amide bonds. The van der Waals surface area contributed by atoms with E-state index in [1.165, 1.54) is 0 Å². The number of amides is 1. The van der Waals surface area contributed by atoms with Crippen LogP contribution in [-0.4, -0.2) is 60.4 Å². The number of fused-ring (bicyclic) bond motifs is 1. The number of hydrogen-bond acceptors (Lipinski definition) is 6. The topological polar surface area (TPSA) is 93.6 Å². The van der Waals surface area contributed by atoms with E-state index >= 15 is 0 Å². The zero-order chi connectivity index (χ0) is 23.9. The molecule has 1 unspecified atom stereocenters. The molecule has 1 atom stereocenters. The fourth-order valence-electron chi connectivity index (χ4n) is 4.45. The van der Waals surface area contributed by atoms with E-state index in [0.717, 1.165) is 18.4 Å². The lowest BCUT2D eigenvalue weighted by Gasteiger charge is -2.28. The molecular weight excluding hydrogens is 476 g/mol. The van der Waals surface area contributed by atoms with Crippen LogP contribution in [0, 0.1) is 0 Å². The van der Waals surface area contributed by atoms with E-state index < -0.39 is 22.4 Å². The first-order chi connectivity index (χ1) is 16.3. The van der Waals surface area contributed by atoms with Crippen molar-refractivity contribution in [3.8, 4) is 11.3 Å². The Morgan fingerprint density at radius 3 is 2.44 bits per heavy atom. The molecule has 1 aliphatic carbocycles. The Morgan fingerprint density at radius 1 is 1.03 bits per heavy atom. The number of rotatable bonds is 6. The summed E-state index contributed by atoms with van der Waals surface area (Å²) in [6, 6.07) is 15.7. The lowest BCUT2D eigenvalue weighted by atomic mass is 10.0. The van der Waals surface area contributed by atoms with Crippen LogP contribution in [0.2, 0.25) is 5.02 Å². The lowest BCUT2D eigenvalue weighted by molar-refractivity contribution is -0.137. The molecule has 1 saturated heterocycles. The number of aromatic nitrogens is 1. The largest absolute Gasteiger partial charge is 0.452 e. The van der Waals surface area contributed by atoms with E-state index in [-0.39, 0.29) is 29.5 Å². The molecular formula is C25H23ClN2O5S. The summed E-state index contributed by atoms with van der Waals surface area (Å²) in [6.07, 6.45) is 2.11. The molecule has 0 N–H and O–H groups in total. The molecule has 2 aromatic carbocycles. The van der Waals surface area contributed by atoms with Gasteiger partial charge in [-0.1, -0.05) is 41.9 Å². The summed E-state index contributed by atoms with van der Waals surface area (Å²) in [4.78, 5) is 32.3. The number of carbonyl (C=O) groups excluding carboxylic acids is 2. The third kappa shape index (κ3) is 4.79. The van der Waals surface area contributed by atoms with Gasteiger partial charge in [-0.05, 0) is 43.5 Å². The van der Waals surface area contributed by atoms with E-state index in [1.54, 1.807) is 29.2 Å². The van der Waals surface area contributed by atoms with E-state index in [9.17, 15) is 18.0 Å². The molecule has 0 spiro atoms. The predicted molar refractivity (Wildman–Crippen MR) is 129 cm³/mol. The molecule has 176 valence electrons. The van der Waals surface area contributed by atoms with Gasteiger partial charge < -0.3 is 9.64 Å². The summed E-state index contributed by atoms with van der Waals surface area (Å²) >= 11 is 6.00. The molecule has 9 heteroatoms. The summed E-state index contributed by atoms with van der Waals surface area (Å²) in [5, 5.41) is 1.22. The highest BCUT2D eigenvalue weighted by atomic mass is 35.5. The summed E-state index contributed by atoms with van der Waals surface area (Å²) in [5.74, 6) is -0.918. The van der Waals surface area contributed by atoms with Crippen LogP contribution in [0.3, 0.4) is 0 Å². The molecule has 2 aliphatic rings. The fraction of sp³-hybridized carbons (Fsp3) is 0.320. The molecule has 3 aromatic rings. The van der Waals surface area contributed by atoms with Gasteiger partial charge in [0, 0.05) is 28.1 Å². The van der Waals surface area contributed by atoms with Crippen molar-refractivity contribution in [2.75, 3.05) is 18.1 Å². The second kappa shape index (κ2) is 9.00. The van der Waals surface area contributed by atoms with Crippen molar-refractivity contribution in [3.05, 3.63) is 65.2 Å². The SMILES string of the molecule is O=C(OCC(=O)N(C1CC1)C1CCS(=O)(=O)C1)c1cc(-c2ccc(Cl)cc2)nc2ccccc12. The zero-order valence-electron chi connectivity index (χ0n) is 18.3. The number of sulfone groups is 1. The summed E-state index contributed by atoms with van der Waals surface area (Å²) in [7, 11) is -3.13. The molecule has 1 aromatic heterocycles. The Morgan fingerprint density at radius 2 is 1.76 bits per heavy atom. The fourth-order valence-corrected chi connectivity index (χ4v) is 6.28. The van der Waals surface area contributed by atoms with Gasteiger partial charge in [0.2, 0.25) is 0 Å². The zero-order valence-corrected chi connectivity index (χ0v) is 19.9. The van der Waals surface area contributed by atoms with Gasteiger partial charge in [-0.15, -0.1) is 0 Å². The third-order valence-corrected chi connectivity index (χ3v) is 8.24. The van der Waals surface area contributed by atoms with Crippen molar-refractivity contribution >= 4 is 44.2 Å². The Labute approximate surface area is 202 Å². The monoisotopic (exact) mass is 498 g/mol. The molecule has 2 fully saturated rings. The van der Waals surface area contributed by atoms with Gasteiger partial charge in [0.25, 0.3) is 5.91 Å². The van der Waals surface area contributed by atoms with Crippen molar-refractivity contribution < 1.29 is 22.7 Å². The Kier molecular flexibility index (Phi) is 6.04. The number of hydrogen-bond donors (Lipinski definition) is 0. The van der Waals surface area contributed by atoms with E-state index in [1.807, 2.05) is 30.3 Å². The van der Waals surface area contributed by atoms with Crippen LogP contribution >= 0.6 is 11.6 Å². The number of pyridine rings is 1. The number of benzene rings is 2. The number of esters is 1. The first-order valence-electron chi connectivity index (χ1n) is 11.2. The van der Waals surface area contributed by atoms with Crippen LogP contribution in [0.25, 0.3) is 22.2 Å². The van der Waals surface area contributed by atoms with E-state index in [0.29, 0.717) is 33.6 Å². The Hall–Kier alpha value is -2.97. The normalized spacial score (nSPS) is 19.1. The molecule has 2 heterocycles. The molecule has 1 aliphatic heterocycles. The van der Waals surface area contributed by atoms with Gasteiger partial charge in [0.05, 0.1) is 28.3 Å². The van der Waals surface area contributed by atoms with Gasteiger partial charge in [-0.25, -0.2) is 18.2 Å². The maximum absolute atomic E-state index is 13.1. The molecule has 1 saturated carbocycles. The lowest BCUT2D eigenvalue weighted by Crippen LogP contribution is -2.44. The first kappa shape index (κ1) is 22.8. The second-order valence-corrected chi connectivity index (χ2v) is 11.4. The highest BCUT2D eigenvalue weighted by Crippen LogP contribution is 2.32. The minimum Gasteiger partial charge on any atom is -0.452 e. The Balaban J connectivity index is 1.38. The molecule has 5 rings (SSSR count).